The van der Waals surface area contributed by atoms with Gasteiger partial charge in [-0.3, -0.25) is 4.79 Å². The summed E-state index contributed by atoms with van der Waals surface area (Å²) in [6.07, 6.45) is -0.0135. The van der Waals surface area contributed by atoms with Gasteiger partial charge in [-0.25, -0.2) is 8.42 Å². The average molecular weight is 324 g/mol. The molecule has 0 saturated heterocycles. The lowest BCUT2D eigenvalue weighted by atomic mass is 10.2. The van der Waals surface area contributed by atoms with E-state index in [0.717, 1.165) is 0 Å². The summed E-state index contributed by atoms with van der Waals surface area (Å²) in [6.45, 7) is 4.12. The van der Waals surface area contributed by atoms with Gasteiger partial charge < -0.3 is 4.74 Å². The van der Waals surface area contributed by atoms with Crippen molar-refractivity contribution in [3.05, 3.63) is 29.8 Å². The second-order valence-corrected chi connectivity index (χ2v) is 7.16. The molecule has 1 aromatic rings. The minimum absolute atomic E-state index is 0.0135. The third kappa shape index (κ3) is 4.83. The molecule has 0 spiro atoms. The molecule has 1 aromatic carbocycles. The van der Waals surface area contributed by atoms with Gasteiger partial charge in [0.05, 0.1) is 30.1 Å². The van der Waals surface area contributed by atoms with Crippen LogP contribution in [0.2, 0.25) is 0 Å². The fraction of sp³-hybridized carbons (Fsp3) is 0.467. The lowest BCUT2D eigenvalue weighted by Gasteiger charge is -2.23. The highest BCUT2D eigenvalue weighted by molar-refractivity contribution is 7.89. The minimum atomic E-state index is -3.76. The molecule has 0 heterocycles. The third-order valence-electron chi connectivity index (χ3n) is 2.96. The Morgan fingerprint density at radius 1 is 1.41 bits per heavy atom. The Kier molecular flexibility index (Phi) is 6.53. The van der Waals surface area contributed by atoms with Crippen molar-refractivity contribution in [1.29, 1.82) is 5.26 Å². The molecule has 7 heteroatoms. The summed E-state index contributed by atoms with van der Waals surface area (Å²) in [6, 6.07) is 7.77. The van der Waals surface area contributed by atoms with Crippen LogP contribution >= 0.6 is 0 Å². The number of nitrogens with zero attached hydrogens (tertiary/aromatic N) is 2. The molecule has 1 rings (SSSR count). The number of benzene rings is 1. The van der Waals surface area contributed by atoms with E-state index in [9.17, 15) is 13.2 Å². The molecular formula is C15H20N2O4S. The van der Waals surface area contributed by atoms with Crippen molar-refractivity contribution in [3.63, 3.8) is 0 Å². The van der Waals surface area contributed by atoms with Crippen molar-refractivity contribution in [2.75, 3.05) is 20.2 Å². The zero-order valence-electron chi connectivity index (χ0n) is 12.9. The topological polar surface area (TPSA) is 87.5 Å². The summed E-state index contributed by atoms with van der Waals surface area (Å²) in [7, 11) is -2.49. The molecule has 0 aliphatic carbocycles. The van der Waals surface area contributed by atoms with Gasteiger partial charge in [0.25, 0.3) is 0 Å². The Labute approximate surface area is 131 Å². The SMILES string of the molecule is COC(=O)CCN(CC(C)C)S(=O)(=O)c1cccc(C#N)c1. The number of hydrogen-bond acceptors (Lipinski definition) is 5. The van der Waals surface area contributed by atoms with E-state index in [4.69, 9.17) is 5.26 Å². The smallest absolute Gasteiger partial charge is 0.306 e. The standard InChI is InChI=1S/C15H20N2O4S/c1-12(2)11-17(8-7-15(18)21-3)22(19,20)14-6-4-5-13(9-14)10-16/h4-6,9,12H,7-8,11H2,1-3H3. The van der Waals surface area contributed by atoms with Crippen LogP contribution in [0.15, 0.2) is 29.2 Å². The van der Waals surface area contributed by atoms with Crippen LogP contribution in [-0.2, 0) is 19.6 Å². The van der Waals surface area contributed by atoms with E-state index in [0.29, 0.717) is 0 Å². The summed E-state index contributed by atoms with van der Waals surface area (Å²) >= 11 is 0. The maximum absolute atomic E-state index is 12.7. The molecule has 0 saturated carbocycles. The van der Waals surface area contributed by atoms with Crippen molar-refractivity contribution in [3.8, 4) is 6.07 Å². The van der Waals surface area contributed by atoms with Gasteiger partial charge >= 0.3 is 5.97 Å². The Balaban J connectivity index is 3.09. The quantitative estimate of drug-likeness (QED) is 0.713. The van der Waals surface area contributed by atoms with Gasteiger partial charge in [-0.2, -0.15) is 9.57 Å². The number of esters is 1. The highest BCUT2D eigenvalue weighted by Crippen LogP contribution is 2.18. The molecule has 6 nitrogen and oxygen atoms in total. The predicted molar refractivity (Wildman–Crippen MR) is 81.4 cm³/mol. The monoisotopic (exact) mass is 324 g/mol. The number of hydrogen-bond donors (Lipinski definition) is 0. The van der Waals surface area contributed by atoms with Gasteiger partial charge in [-0.1, -0.05) is 19.9 Å². The van der Waals surface area contributed by atoms with E-state index in [1.807, 2.05) is 19.9 Å². The summed E-state index contributed by atoms with van der Waals surface area (Å²) in [5, 5.41) is 8.90. The Bertz CT molecular complexity index is 662. The first kappa shape index (κ1) is 18.1. The van der Waals surface area contributed by atoms with Crippen LogP contribution in [0.3, 0.4) is 0 Å². The fourth-order valence-corrected chi connectivity index (χ4v) is 3.56. The molecule has 22 heavy (non-hydrogen) atoms. The second-order valence-electron chi connectivity index (χ2n) is 5.22. The van der Waals surface area contributed by atoms with Crippen LogP contribution in [0.4, 0.5) is 0 Å². The fourth-order valence-electron chi connectivity index (χ4n) is 1.91. The van der Waals surface area contributed by atoms with Gasteiger partial charge in [0.1, 0.15) is 0 Å². The molecule has 120 valence electrons. The number of carbonyl (C=O) groups excluding carboxylic acids is 1. The number of sulfonamides is 1. The largest absolute Gasteiger partial charge is 0.469 e. The average Bonchev–Trinajstić information content (AvgIpc) is 2.50. The third-order valence-corrected chi connectivity index (χ3v) is 4.82. The number of carbonyl (C=O) groups is 1. The number of methoxy groups -OCH3 is 1. The van der Waals surface area contributed by atoms with Crippen molar-refractivity contribution in [1.82, 2.24) is 4.31 Å². The summed E-state index contributed by atoms with van der Waals surface area (Å²) in [5.74, 6) is -0.360. The van der Waals surface area contributed by atoms with Crippen LogP contribution in [0.5, 0.6) is 0 Å². The molecule has 0 fully saturated rings. The van der Waals surface area contributed by atoms with E-state index < -0.39 is 16.0 Å². The van der Waals surface area contributed by atoms with Crippen molar-refractivity contribution in [2.45, 2.75) is 25.2 Å². The van der Waals surface area contributed by atoms with Crippen LogP contribution in [0, 0.1) is 17.2 Å². The molecule has 0 unspecified atom stereocenters. The molecule has 0 N–H and O–H groups in total. The summed E-state index contributed by atoms with van der Waals surface area (Å²) in [4.78, 5) is 11.3. The number of rotatable bonds is 7. The lowest BCUT2D eigenvalue weighted by Crippen LogP contribution is -2.36. The van der Waals surface area contributed by atoms with Gasteiger partial charge in [0.15, 0.2) is 0 Å². The highest BCUT2D eigenvalue weighted by atomic mass is 32.2. The van der Waals surface area contributed by atoms with Crippen LogP contribution < -0.4 is 0 Å². The molecule has 0 atom stereocenters. The minimum Gasteiger partial charge on any atom is -0.469 e. The first-order valence-electron chi connectivity index (χ1n) is 6.88. The van der Waals surface area contributed by atoms with Crippen molar-refractivity contribution >= 4 is 16.0 Å². The molecule has 0 aliphatic rings. The van der Waals surface area contributed by atoms with Crippen LogP contribution in [0.25, 0.3) is 0 Å². The number of nitriles is 1. The summed E-state index contributed by atoms with van der Waals surface area (Å²) in [5.41, 5.74) is 0.276. The van der Waals surface area contributed by atoms with Crippen LogP contribution in [0.1, 0.15) is 25.8 Å². The second kappa shape index (κ2) is 7.92. The lowest BCUT2D eigenvalue weighted by molar-refractivity contribution is -0.140. The van der Waals surface area contributed by atoms with Gasteiger partial charge in [0, 0.05) is 13.1 Å². The van der Waals surface area contributed by atoms with Gasteiger partial charge in [-0.15, -0.1) is 0 Å². The molecule has 0 amide bonds. The van der Waals surface area contributed by atoms with Crippen molar-refractivity contribution < 1.29 is 17.9 Å². The first-order chi connectivity index (χ1) is 10.3. The van der Waals surface area contributed by atoms with Crippen LogP contribution in [-0.4, -0.2) is 38.9 Å². The van der Waals surface area contributed by atoms with E-state index in [1.165, 1.54) is 29.6 Å². The predicted octanol–water partition coefficient (Wildman–Crippen LogP) is 1.77. The zero-order chi connectivity index (χ0) is 16.8. The molecule has 0 aliphatic heterocycles. The molecule has 0 aromatic heterocycles. The Morgan fingerprint density at radius 3 is 2.64 bits per heavy atom. The number of ether oxygens (including phenoxy) is 1. The van der Waals surface area contributed by atoms with Gasteiger partial charge in [-0.05, 0) is 24.1 Å². The maximum Gasteiger partial charge on any atom is 0.306 e. The van der Waals surface area contributed by atoms with E-state index in [1.54, 1.807) is 6.07 Å². The van der Waals surface area contributed by atoms with E-state index in [2.05, 4.69) is 4.74 Å². The first-order valence-corrected chi connectivity index (χ1v) is 8.32. The summed E-state index contributed by atoms with van der Waals surface area (Å²) < 4.78 is 31.2. The Morgan fingerprint density at radius 2 is 2.09 bits per heavy atom. The maximum atomic E-state index is 12.7. The van der Waals surface area contributed by atoms with E-state index in [-0.39, 0.29) is 35.9 Å². The molecule has 0 bridgehead atoms. The Hall–Kier alpha value is -1.91. The van der Waals surface area contributed by atoms with Gasteiger partial charge in [0.2, 0.25) is 10.0 Å². The van der Waals surface area contributed by atoms with E-state index >= 15 is 0 Å². The molecule has 0 radical (unpaired) electrons. The normalized spacial score (nSPS) is 11.5. The van der Waals surface area contributed by atoms with Crippen molar-refractivity contribution in [2.24, 2.45) is 5.92 Å². The zero-order valence-corrected chi connectivity index (χ0v) is 13.8. The molecular weight excluding hydrogens is 304 g/mol. The highest BCUT2D eigenvalue weighted by Gasteiger charge is 2.26.